The van der Waals surface area contributed by atoms with Gasteiger partial charge in [-0.3, -0.25) is 9.59 Å². The van der Waals surface area contributed by atoms with E-state index in [1.54, 1.807) is 4.90 Å². The number of nitrogens with zero attached hydrogens (tertiary/aromatic N) is 2. The molecule has 0 aromatic heterocycles. The molecule has 0 radical (unpaired) electrons. The van der Waals surface area contributed by atoms with E-state index < -0.39 is 15.7 Å². The predicted octanol–water partition coefficient (Wildman–Crippen LogP) is 0.682. The molecular formula is C17H22ClN3O4S. The highest BCUT2D eigenvalue weighted by Gasteiger charge is 2.30. The molecule has 1 aromatic carbocycles. The molecule has 3 rings (SSSR count). The summed E-state index contributed by atoms with van der Waals surface area (Å²) in [5, 5.41) is 3.33. The number of carbonyl (C=O) groups excluding carboxylic acids is 2. The molecule has 1 N–H and O–H groups in total. The molecular weight excluding hydrogens is 378 g/mol. The Hall–Kier alpha value is -1.80. The number of halogens is 1. The first-order chi connectivity index (χ1) is 12.3. The molecule has 2 aliphatic heterocycles. The van der Waals surface area contributed by atoms with Crippen LogP contribution in [-0.4, -0.2) is 68.9 Å². The third-order valence-corrected chi connectivity index (χ3v) is 6.72. The van der Waals surface area contributed by atoms with Gasteiger partial charge in [-0.1, -0.05) is 17.7 Å². The van der Waals surface area contributed by atoms with Crippen LogP contribution < -0.4 is 10.2 Å². The normalized spacial score (nSPS) is 22.3. The average Bonchev–Trinajstić information content (AvgIpc) is 2.93. The Balaban J connectivity index is 1.45. The third kappa shape index (κ3) is 4.88. The molecule has 1 atom stereocenters. The second kappa shape index (κ2) is 7.84. The molecule has 142 valence electrons. The van der Waals surface area contributed by atoms with Crippen molar-refractivity contribution in [2.75, 3.05) is 42.6 Å². The predicted molar refractivity (Wildman–Crippen MR) is 100 cm³/mol. The first kappa shape index (κ1) is 19.0. The fourth-order valence-electron chi connectivity index (χ4n) is 3.32. The SMILES string of the molecule is O=C(CC(=O)N1CCN(c2cccc(Cl)c2)CC1)NC1CCS(=O)(=O)C1. The van der Waals surface area contributed by atoms with E-state index in [1.165, 1.54) is 0 Å². The van der Waals surface area contributed by atoms with Crippen molar-refractivity contribution in [3.63, 3.8) is 0 Å². The molecule has 2 saturated heterocycles. The number of carbonyl (C=O) groups is 2. The zero-order valence-corrected chi connectivity index (χ0v) is 15.9. The van der Waals surface area contributed by atoms with Gasteiger partial charge in [0, 0.05) is 42.9 Å². The minimum atomic E-state index is -3.05. The largest absolute Gasteiger partial charge is 0.368 e. The number of sulfone groups is 1. The van der Waals surface area contributed by atoms with Crippen molar-refractivity contribution < 1.29 is 18.0 Å². The van der Waals surface area contributed by atoms with Gasteiger partial charge in [0.05, 0.1) is 11.5 Å². The summed E-state index contributed by atoms with van der Waals surface area (Å²) >= 11 is 6.01. The van der Waals surface area contributed by atoms with Crippen LogP contribution >= 0.6 is 11.6 Å². The number of hydrogen-bond donors (Lipinski definition) is 1. The third-order valence-electron chi connectivity index (χ3n) is 4.72. The van der Waals surface area contributed by atoms with Gasteiger partial charge < -0.3 is 15.1 Å². The fourth-order valence-corrected chi connectivity index (χ4v) is 5.18. The standard InChI is InChI=1S/C17H22ClN3O4S/c18-13-2-1-3-15(10-13)20-5-7-21(8-6-20)17(23)11-16(22)19-14-4-9-26(24,25)12-14/h1-3,10,14H,4-9,11-12H2,(H,19,22). The van der Waals surface area contributed by atoms with Gasteiger partial charge >= 0.3 is 0 Å². The number of hydrogen-bond acceptors (Lipinski definition) is 5. The first-order valence-corrected chi connectivity index (χ1v) is 10.8. The smallest absolute Gasteiger partial charge is 0.232 e. The van der Waals surface area contributed by atoms with Gasteiger partial charge in [0.25, 0.3) is 0 Å². The van der Waals surface area contributed by atoms with Crippen LogP contribution in [0.2, 0.25) is 5.02 Å². The van der Waals surface area contributed by atoms with Crippen LogP contribution in [0.25, 0.3) is 0 Å². The average molecular weight is 400 g/mol. The molecule has 0 saturated carbocycles. The summed E-state index contributed by atoms with van der Waals surface area (Å²) in [6.45, 7) is 2.43. The summed E-state index contributed by atoms with van der Waals surface area (Å²) in [6.07, 6.45) is 0.175. The van der Waals surface area contributed by atoms with Crippen molar-refractivity contribution in [1.82, 2.24) is 10.2 Å². The maximum Gasteiger partial charge on any atom is 0.232 e. The highest BCUT2D eigenvalue weighted by Crippen LogP contribution is 2.21. The second-order valence-corrected chi connectivity index (χ2v) is 9.36. The molecule has 0 aliphatic carbocycles. The molecule has 9 heteroatoms. The lowest BCUT2D eigenvalue weighted by Crippen LogP contribution is -2.50. The summed E-state index contributed by atoms with van der Waals surface area (Å²) in [5.41, 5.74) is 1.02. The van der Waals surface area contributed by atoms with Crippen molar-refractivity contribution in [2.45, 2.75) is 18.9 Å². The Kier molecular flexibility index (Phi) is 5.72. The van der Waals surface area contributed by atoms with E-state index in [1.807, 2.05) is 24.3 Å². The molecule has 2 fully saturated rings. The van der Waals surface area contributed by atoms with E-state index >= 15 is 0 Å². The van der Waals surface area contributed by atoms with Crippen LogP contribution in [0.4, 0.5) is 5.69 Å². The van der Waals surface area contributed by atoms with Crippen molar-refractivity contribution in [1.29, 1.82) is 0 Å². The highest BCUT2D eigenvalue weighted by molar-refractivity contribution is 7.91. The molecule has 26 heavy (non-hydrogen) atoms. The summed E-state index contributed by atoms with van der Waals surface area (Å²) < 4.78 is 22.8. The quantitative estimate of drug-likeness (QED) is 0.752. The summed E-state index contributed by atoms with van der Waals surface area (Å²) in [5.74, 6) is -0.578. The lowest BCUT2D eigenvalue weighted by atomic mass is 10.2. The molecule has 1 unspecified atom stereocenters. The van der Waals surface area contributed by atoms with E-state index in [9.17, 15) is 18.0 Å². The van der Waals surface area contributed by atoms with Gasteiger partial charge in [0.1, 0.15) is 6.42 Å². The number of anilines is 1. The number of benzene rings is 1. The van der Waals surface area contributed by atoms with Gasteiger partial charge in [-0.2, -0.15) is 0 Å². The Morgan fingerprint density at radius 1 is 1.19 bits per heavy atom. The molecule has 0 bridgehead atoms. The number of amides is 2. The van der Waals surface area contributed by atoms with Crippen molar-refractivity contribution in [3.8, 4) is 0 Å². The topological polar surface area (TPSA) is 86.8 Å². The molecule has 2 heterocycles. The van der Waals surface area contributed by atoms with Crippen molar-refractivity contribution in [3.05, 3.63) is 29.3 Å². The monoisotopic (exact) mass is 399 g/mol. The number of rotatable bonds is 4. The van der Waals surface area contributed by atoms with Gasteiger partial charge in [0.15, 0.2) is 9.84 Å². The lowest BCUT2D eigenvalue weighted by Gasteiger charge is -2.36. The summed E-state index contributed by atoms with van der Waals surface area (Å²) in [6, 6.07) is 7.20. The summed E-state index contributed by atoms with van der Waals surface area (Å²) in [7, 11) is -3.05. The zero-order valence-electron chi connectivity index (χ0n) is 14.4. The highest BCUT2D eigenvalue weighted by atomic mass is 35.5. The van der Waals surface area contributed by atoms with Crippen molar-refractivity contribution in [2.24, 2.45) is 0 Å². The molecule has 7 nitrogen and oxygen atoms in total. The Bertz CT molecular complexity index is 791. The molecule has 1 aromatic rings. The molecule has 2 aliphatic rings. The van der Waals surface area contributed by atoms with Crippen LogP contribution in [0.15, 0.2) is 24.3 Å². The Morgan fingerprint density at radius 2 is 1.92 bits per heavy atom. The Labute approximate surface area is 158 Å². The first-order valence-electron chi connectivity index (χ1n) is 8.60. The summed E-state index contributed by atoms with van der Waals surface area (Å²) in [4.78, 5) is 28.1. The van der Waals surface area contributed by atoms with Crippen LogP contribution in [0.1, 0.15) is 12.8 Å². The van der Waals surface area contributed by atoms with E-state index in [-0.39, 0.29) is 29.9 Å². The fraction of sp³-hybridized carbons (Fsp3) is 0.529. The van der Waals surface area contributed by atoms with Crippen LogP contribution in [0, 0.1) is 0 Å². The lowest BCUT2D eigenvalue weighted by molar-refractivity contribution is -0.136. The minimum absolute atomic E-state index is 0.0365. The number of piperazine rings is 1. The Morgan fingerprint density at radius 3 is 2.54 bits per heavy atom. The van der Waals surface area contributed by atoms with Gasteiger partial charge in [-0.05, 0) is 24.6 Å². The minimum Gasteiger partial charge on any atom is -0.368 e. The van der Waals surface area contributed by atoms with Crippen LogP contribution in [0.5, 0.6) is 0 Å². The van der Waals surface area contributed by atoms with Crippen molar-refractivity contribution >= 4 is 38.9 Å². The molecule has 2 amide bonds. The van der Waals surface area contributed by atoms with Gasteiger partial charge in [-0.15, -0.1) is 0 Å². The van der Waals surface area contributed by atoms with E-state index in [4.69, 9.17) is 11.6 Å². The molecule has 0 spiro atoms. The van der Waals surface area contributed by atoms with E-state index in [2.05, 4.69) is 10.2 Å². The van der Waals surface area contributed by atoms with Gasteiger partial charge in [-0.25, -0.2) is 8.42 Å². The van der Waals surface area contributed by atoms with Gasteiger partial charge in [0.2, 0.25) is 11.8 Å². The maximum atomic E-state index is 12.3. The van der Waals surface area contributed by atoms with E-state index in [0.717, 1.165) is 5.69 Å². The van der Waals surface area contributed by atoms with Crippen LogP contribution in [-0.2, 0) is 19.4 Å². The van der Waals surface area contributed by atoms with E-state index in [0.29, 0.717) is 37.6 Å². The maximum absolute atomic E-state index is 12.3. The van der Waals surface area contributed by atoms with Crippen LogP contribution in [0.3, 0.4) is 0 Å². The zero-order chi connectivity index (χ0) is 18.7. The second-order valence-electron chi connectivity index (χ2n) is 6.69. The number of nitrogens with one attached hydrogen (secondary N) is 1.